The van der Waals surface area contributed by atoms with Crippen LogP contribution in [0.2, 0.25) is 0 Å². The minimum absolute atomic E-state index is 0.184. The van der Waals surface area contributed by atoms with Crippen LogP contribution in [0.4, 0.5) is 0 Å². The maximum Gasteiger partial charge on any atom is 0.647 e. The van der Waals surface area contributed by atoms with E-state index in [9.17, 15) is 14.8 Å². The third kappa shape index (κ3) is 4.73. The zero-order valence-corrected chi connectivity index (χ0v) is 16.2. The fraction of sp³-hybridized carbons (Fsp3) is 0.143. The molecule has 0 saturated carbocycles. The Labute approximate surface area is 163 Å². The number of aryl methyl sites for hydroxylation is 1. The lowest BCUT2D eigenvalue weighted by atomic mass is 10.2. The monoisotopic (exact) mass is 400 g/mol. The van der Waals surface area contributed by atoms with Gasteiger partial charge in [0.05, 0.1) is 13.2 Å². The van der Waals surface area contributed by atoms with Crippen LogP contribution >= 0.6 is 7.82 Å². The van der Waals surface area contributed by atoms with Crippen LogP contribution in [0.5, 0.6) is 17.2 Å². The quantitative estimate of drug-likeness (QED) is 0.537. The normalized spacial score (nSPS) is 11.1. The van der Waals surface area contributed by atoms with Crippen LogP contribution in [0.1, 0.15) is 16.7 Å². The van der Waals surface area contributed by atoms with Crippen LogP contribution in [0.25, 0.3) is 0 Å². The Hall–Kier alpha value is -2.79. The first-order valence-corrected chi connectivity index (χ1v) is 10.1. The first-order valence-electron chi connectivity index (χ1n) is 8.66. The van der Waals surface area contributed by atoms with Crippen molar-refractivity contribution < 1.29 is 28.3 Å². The second-order valence-electron chi connectivity index (χ2n) is 6.02. The summed E-state index contributed by atoms with van der Waals surface area (Å²) in [6.07, 6.45) is 0. The number of phosphoric ester groups is 1. The average molecular weight is 400 g/mol. The zero-order valence-electron chi connectivity index (χ0n) is 15.3. The van der Waals surface area contributed by atoms with Crippen LogP contribution in [-0.4, -0.2) is 10.2 Å². The van der Waals surface area contributed by atoms with Crippen LogP contribution in [0.15, 0.2) is 72.8 Å². The lowest BCUT2D eigenvalue weighted by Crippen LogP contribution is -2.10. The van der Waals surface area contributed by atoms with E-state index in [4.69, 9.17) is 13.6 Å². The van der Waals surface area contributed by atoms with Crippen molar-refractivity contribution in [1.29, 1.82) is 0 Å². The molecule has 0 aliphatic rings. The molecule has 3 rings (SSSR count). The Morgan fingerprint density at radius 3 is 1.54 bits per heavy atom. The van der Waals surface area contributed by atoms with Crippen LogP contribution in [-0.2, 0) is 17.8 Å². The van der Waals surface area contributed by atoms with E-state index in [2.05, 4.69) is 0 Å². The molecule has 28 heavy (non-hydrogen) atoms. The van der Waals surface area contributed by atoms with Gasteiger partial charge in [-0.25, -0.2) is 0 Å². The third-order valence-electron chi connectivity index (χ3n) is 4.01. The number of benzene rings is 3. The highest BCUT2D eigenvalue weighted by molar-refractivity contribution is 7.49. The number of para-hydroxylation sites is 3. The lowest BCUT2D eigenvalue weighted by molar-refractivity contribution is 0.263. The number of phosphoric acid groups is 1. The molecule has 0 aliphatic carbocycles. The van der Waals surface area contributed by atoms with Crippen molar-refractivity contribution in [1.82, 2.24) is 0 Å². The van der Waals surface area contributed by atoms with Gasteiger partial charge in [0, 0.05) is 11.1 Å². The molecule has 6 nitrogen and oxygen atoms in total. The Kier molecular flexibility index (Phi) is 6.37. The molecule has 0 saturated heterocycles. The fourth-order valence-electron chi connectivity index (χ4n) is 2.52. The van der Waals surface area contributed by atoms with Gasteiger partial charge in [-0.2, -0.15) is 4.57 Å². The zero-order chi connectivity index (χ0) is 20.0. The summed E-state index contributed by atoms with van der Waals surface area (Å²) in [4.78, 5) is 0. The van der Waals surface area contributed by atoms with Crippen LogP contribution < -0.4 is 13.6 Å². The number of rotatable bonds is 8. The van der Waals surface area contributed by atoms with E-state index in [-0.39, 0.29) is 24.7 Å². The van der Waals surface area contributed by atoms with Crippen LogP contribution in [0.3, 0.4) is 0 Å². The summed E-state index contributed by atoms with van der Waals surface area (Å²) < 4.78 is 30.6. The van der Waals surface area contributed by atoms with Crippen molar-refractivity contribution in [2.24, 2.45) is 0 Å². The van der Waals surface area contributed by atoms with Gasteiger partial charge in [-0.3, -0.25) is 0 Å². The fourth-order valence-corrected chi connectivity index (χ4v) is 3.92. The first kappa shape index (κ1) is 20.0. The van der Waals surface area contributed by atoms with Gasteiger partial charge in [-0.05, 0) is 30.7 Å². The van der Waals surface area contributed by atoms with Gasteiger partial charge >= 0.3 is 7.82 Å². The Bertz CT molecular complexity index is 934. The average Bonchev–Trinajstić information content (AvgIpc) is 2.70. The number of aliphatic hydroxyl groups is 2. The molecule has 0 aliphatic heterocycles. The summed E-state index contributed by atoms with van der Waals surface area (Å²) in [5.74, 6) is 0.709. The molecule has 0 spiro atoms. The molecule has 0 radical (unpaired) electrons. The van der Waals surface area contributed by atoms with Gasteiger partial charge in [-0.1, -0.05) is 54.6 Å². The molecule has 0 fully saturated rings. The van der Waals surface area contributed by atoms with Crippen molar-refractivity contribution in [2.75, 3.05) is 0 Å². The Balaban J connectivity index is 2.00. The molecular formula is C21H21O6P. The first-order chi connectivity index (χ1) is 13.5. The molecule has 7 heteroatoms. The van der Waals surface area contributed by atoms with Gasteiger partial charge in [0.15, 0.2) is 0 Å². The summed E-state index contributed by atoms with van der Waals surface area (Å²) in [5.41, 5.74) is 1.63. The van der Waals surface area contributed by atoms with Crippen molar-refractivity contribution >= 4 is 7.82 Å². The van der Waals surface area contributed by atoms with Crippen LogP contribution in [0, 0.1) is 6.92 Å². The SMILES string of the molecule is Cc1ccccc1OP(=O)(Oc1ccccc1CO)Oc1ccccc1CO. The van der Waals surface area contributed by atoms with E-state index < -0.39 is 7.82 Å². The van der Waals surface area contributed by atoms with Crippen molar-refractivity contribution in [3.05, 3.63) is 89.5 Å². The highest BCUT2D eigenvalue weighted by Crippen LogP contribution is 2.51. The molecule has 0 unspecified atom stereocenters. The molecule has 0 atom stereocenters. The maximum absolute atomic E-state index is 13.6. The molecular weight excluding hydrogens is 379 g/mol. The summed E-state index contributed by atoms with van der Waals surface area (Å²) in [5, 5.41) is 19.1. The smallest absolute Gasteiger partial charge is 0.392 e. The summed E-state index contributed by atoms with van der Waals surface area (Å²) in [6.45, 7) is 1.21. The maximum atomic E-state index is 13.6. The molecule has 2 N–H and O–H groups in total. The molecule has 0 aromatic heterocycles. The highest BCUT2D eigenvalue weighted by atomic mass is 31.2. The summed E-state index contributed by atoms with van der Waals surface area (Å²) in [6, 6.07) is 20.3. The van der Waals surface area contributed by atoms with Gasteiger partial charge in [0.1, 0.15) is 17.2 Å². The number of aliphatic hydroxyl groups excluding tert-OH is 2. The van der Waals surface area contributed by atoms with E-state index in [1.165, 1.54) is 0 Å². The van der Waals surface area contributed by atoms with Crippen molar-refractivity contribution in [2.45, 2.75) is 20.1 Å². The van der Waals surface area contributed by atoms with Crippen molar-refractivity contribution in [3.8, 4) is 17.2 Å². The van der Waals surface area contributed by atoms with E-state index in [0.717, 1.165) is 5.56 Å². The predicted octanol–water partition coefficient (Wildman–Crippen LogP) is 4.62. The lowest BCUT2D eigenvalue weighted by Gasteiger charge is -2.22. The minimum atomic E-state index is -4.21. The molecule has 146 valence electrons. The van der Waals surface area contributed by atoms with E-state index in [1.807, 2.05) is 19.1 Å². The second kappa shape index (κ2) is 8.93. The summed E-state index contributed by atoms with van der Waals surface area (Å²) >= 11 is 0. The topological polar surface area (TPSA) is 85.2 Å². The van der Waals surface area contributed by atoms with Gasteiger partial charge < -0.3 is 23.8 Å². The number of hydrogen-bond donors (Lipinski definition) is 2. The minimum Gasteiger partial charge on any atom is -0.392 e. The third-order valence-corrected chi connectivity index (χ3v) is 5.27. The molecule has 3 aromatic carbocycles. The largest absolute Gasteiger partial charge is 0.647 e. The molecule has 0 bridgehead atoms. The number of hydrogen-bond acceptors (Lipinski definition) is 6. The second-order valence-corrected chi connectivity index (χ2v) is 7.46. The van der Waals surface area contributed by atoms with Gasteiger partial charge in [0.2, 0.25) is 0 Å². The standard InChI is InChI=1S/C21H21O6P/c1-16-8-2-5-11-19(16)25-28(24,26-20-12-6-3-9-17(20)14-22)27-21-13-7-4-10-18(21)15-23/h2-13,22-23H,14-15H2,1H3. The summed E-state index contributed by atoms with van der Waals surface area (Å²) in [7, 11) is -4.21. The van der Waals surface area contributed by atoms with E-state index in [1.54, 1.807) is 60.7 Å². The molecule has 3 aromatic rings. The highest BCUT2D eigenvalue weighted by Gasteiger charge is 2.35. The van der Waals surface area contributed by atoms with E-state index in [0.29, 0.717) is 16.9 Å². The van der Waals surface area contributed by atoms with Gasteiger partial charge in [0.25, 0.3) is 0 Å². The predicted molar refractivity (Wildman–Crippen MR) is 105 cm³/mol. The van der Waals surface area contributed by atoms with Crippen molar-refractivity contribution in [3.63, 3.8) is 0 Å². The molecule has 0 heterocycles. The van der Waals surface area contributed by atoms with Gasteiger partial charge in [-0.15, -0.1) is 0 Å². The van der Waals surface area contributed by atoms with E-state index >= 15 is 0 Å². The Morgan fingerprint density at radius 2 is 1.07 bits per heavy atom. The Morgan fingerprint density at radius 1 is 0.679 bits per heavy atom. The molecule has 0 amide bonds.